The van der Waals surface area contributed by atoms with Gasteiger partial charge in [0.05, 0.1) is 34.6 Å². The Morgan fingerprint density at radius 1 is 1.02 bits per heavy atom. The van der Waals surface area contributed by atoms with Crippen LogP contribution in [0.5, 0.6) is 0 Å². The summed E-state index contributed by atoms with van der Waals surface area (Å²) >= 11 is 0. The molecule has 0 amide bonds. The molecule has 0 bridgehead atoms. The Bertz CT molecular complexity index is 1700. The van der Waals surface area contributed by atoms with Crippen LogP contribution in [0.15, 0.2) is 48.5 Å². The second kappa shape index (κ2) is 11.5. The van der Waals surface area contributed by atoms with Crippen molar-refractivity contribution in [3.63, 3.8) is 0 Å². The number of pyridine rings is 1. The van der Waals surface area contributed by atoms with Crippen LogP contribution in [0.1, 0.15) is 86.0 Å². The molecule has 0 unspecified atom stereocenters. The number of carbonyl (C=O) groups excluding carboxylic acids is 3. The van der Waals surface area contributed by atoms with E-state index in [9.17, 15) is 18.8 Å². The molecule has 1 aliphatic carbocycles. The smallest absolute Gasteiger partial charge is 0.340 e. The topological polar surface area (TPSA) is 98.4 Å². The molecule has 5 rings (SSSR count). The minimum atomic E-state index is -1.12. The number of hydrogen-bond donors (Lipinski definition) is 1. The van der Waals surface area contributed by atoms with Crippen LogP contribution >= 0.6 is 0 Å². The Balaban J connectivity index is 1.50. The van der Waals surface area contributed by atoms with Crippen LogP contribution in [0.3, 0.4) is 0 Å². The molecule has 210 valence electrons. The summed E-state index contributed by atoms with van der Waals surface area (Å²) in [4.78, 5) is 47.5. The average molecular weight is 555 g/mol. The third-order valence-electron chi connectivity index (χ3n) is 7.40. The number of aromatic amines is 1. The van der Waals surface area contributed by atoms with E-state index in [1.54, 1.807) is 32.9 Å². The fraction of sp³-hybridized carbons (Fsp3) is 0.273. The molecule has 7 nitrogen and oxygen atoms in total. The Morgan fingerprint density at radius 2 is 1.76 bits per heavy atom. The van der Waals surface area contributed by atoms with Gasteiger partial charge in [-0.1, -0.05) is 30.3 Å². The van der Waals surface area contributed by atoms with Gasteiger partial charge in [0.1, 0.15) is 5.82 Å². The Morgan fingerprint density at radius 3 is 2.49 bits per heavy atom. The number of allylic oxidation sites excluding steroid dienone is 1. The first kappa shape index (κ1) is 28.0. The van der Waals surface area contributed by atoms with Crippen molar-refractivity contribution in [1.82, 2.24) is 9.97 Å². The zero-order valence-corrected chi connectivity index (χ0v) is 23.5. The van der Waals surface area contributed by atoms with Crippen LogP contribution < -0.4 is 0 Å². The lowest BCUT2D eigenvalue weighted by atomic mass is 9.86. The Kier molecular flexibility index (Phi) is 7.83. The standard InChI is InChI=1S/C33H31FN2O5/c1-5-40-32(38)27-18(2)29(35-19(27)3)31(37)20(4)41-33(39)28-24-10-6-7-12-26(24)36-30-22(9-8-11-25(28)30)17-21-13-15-23(34)16-14-21/h6-7,10,12-17,20,35H,5,8-9,11H2,1-4H3/b22-17-/t20-/m1/s1. The van der Waals surface area contributed by atoms with Crippen LogP contribution in [-0.2, 0) is 15.9 Å². The largest absolute Gasteiger partial charge is 0.462 e. The number of nitrogens with one attached hydrogen (secondary N) is 1. The molecule has 0 saturated carbocycles. The molecule has 1 N–H and O–H groups in total. The Labute approximate surface area is 237 Å². The van der Waals surface area contributed by atoms with Crippen molar-refractivity contribution in [3.05, 3.63) is 99.2 Å². The minimum absolute atomic E-state index is 0.206. The molecule has 0 radical (unpaired) electrons. The van der Waals surface area contributed by atoms with Crippen molar-refractivity contribution in [1.29, 1.82) is 0 Å². The molecule has 2 heterocycles. The van der Waals surface area contributed by atoms with Gasteiger partial charge in [-0.2, -0.15) is 0 Å². The number of ether oxygens (including phenoxy) is 2. The maximum atomic E-state index is 13.8. The second-order valence-electron chi connectivity index (χ2n) is 10.2. The lowest BCUT2D eigenvalue weighted by Gasteiger charge is -2.23. The number of hydrogen-bond acceptors (Lipinski definition) is 6. The van der Waals surface area contributed by atoms with E-state index in [-0.39, 0.29) is 18.1 Å². The van der Waals surface area contributed by atoms with E-state index in [0.29, 0.717) is 45.4 Å². The second-order valence-corrected chi connectivity index (χ2v) is 10.2. The normalized spacial score (nSPS) is 14.5. The van der Waals surface area contributed by atoms with Crippen LogP contribution in [-0.4, -0.2) is 40.4 Å². The number of halogens is 1. The van der Waals surface area contributed by atoms with Gasteiger partial charge in [0.25, 0.3) is 0 Å². The van der Waals surface area contributed by atoms with Gasteiger partial charge in [-0.3, -0.25) is 4.79 Å². The molecular formula is C33H31FN2O5. The van der Waals surface area contributed by atoms with E-state index < -0.39 is 23.8 Å². The van der Waals surface area contributed by atoms with E-state index in [0.717, 1.165) is 29.5 Å². The lowest BCUT2D eigenvalue weighted by Crippen LogP contribution is -2.26. The van der Waals surface area contributed by atoms with Crippen molar-refractivity contribution < 1.29 is 28.2 Å². The number of ketones is 1. The van der Waals surface area contributed by atoms with E-state index in [1.807, 2.05) is 30.3 Å². The first-order valence-corrected chi connectivity index (χ1v) is 13.7. The molecule has 41 heavy (non-hydrogen) atoms. The molecule has 0 spiro atoms. The van der Waals surface area contributed by atoms with Crippen LogP contribution in [0.25, 0.3) is 22.6 Å². The summed E-state index contributed by atoms with van der Waals surface area (Å²) in [6.07, 6.45) is 3.03. The van der Waals surface area contributed by atoms with Gasteiger partial charge in [0.2, 0.25) is 5.78 Å². The van der Waals surface area contributed by atoms with Crippen molar-refractivity contribution >= 4 is 40.3 Å². The van der Waals surface area contributed by atoms with Crippen LogP contribution in [0.4, 0.5) is 4.39 Å². The monoisotopic (exact) mass is 554 g/mol. The number of Topliss-reactive ketones (excluding diaryl/α,β-unsaturated/α-hetero) is 1. The molecular weight excluding hydrogens is 523 g/mol. The molecule has 1 aliphatic rings. The highest BCUT2D eigenvalue weighted by atomic mass is 19.1. The highest BCUT2D eigenvalue weighted by molar-refractivity contribution is 6.09. The summed E-state index contributed by atoms with van der Waals surface area (Å²) in [7, 11) is 0. The van der Waals surface area contributed by atoms with Crippen molar-refractivity contribution in [3.8, 4) is 0 Å². The number of H-pyrrole nitrogens is 1. The van der Waals surface area contributed by atoms with Crippen molar-refractivity contribution in [2.45, 2.75) is 53.1 Å². The zero-order chi connectivity index (χ0) is 29.3. The number of carbonyl (C=O) groups is 3. The summed E-state index contributed by atoms with van der Waals surface area (Å²) in [5.74, 6) is -1.88. The maximum absolute atomic E-state index is 13.8. The van der Waals surface area contributed by atoms with E-state index in [4.69, 9.17) is 14.5 Å². The molecule has 1 atom stereocenters. The van der Waals surface area contributed by atoms with E-state index in [1.165, 1.54) is 19.1 Å². The van der Waals surface area contributed by atoms with Gasteiger partial charge in [-0.15, -0.1) is 0 Å². The molecule has 0 fully saturated rings. The third-order valence-corrected chi connectivity index (χ3v) is 7.40. The summed E-state index contributed by atoms with van der Waals surface area (Å²) in [6.45, 7) is 6.81. The lowest BCUT2D eigenvalue weighted by molar-refractivity contribution is 0.0317. The number of nitrogens with zero attached hydrogens (tertiary/aromatic N) is 1. The quantitative estimate of drug-likeness (QED) is 0.199. The fourth-order valence-electron chi connectivity index (χ4n) is 5.45. The predicted octanol–water partition coefficient (Wildman–Crippen LogP) is 6.80. The van der Waals surface area contributed by atoms with E-state index >= 15 is 0 Å². The zero-order valence-electron chi connectivity index (χ0n) is 23.5. The number of aromatic nitrogens is 2. The molecule has 2 aromatic heterocycles. The van der Waals surface area contributed by atoms with Crippen LogP contribution in [0, 0.1) is 19.7 Å². The third kappa shape index (κ3) is 5.42. The van der Waals surface area contributed by atoms with E-state index in [2.05, 4.69) is 4.98 Å². The van der Waals surface area contributed by atoms with Gasteiger partial charge in [-0.05, 0) is 93.5 Å². The predicted molar refractivity (Wildman–Crippen MR) is 154 cm³/mol. The van der Waals surface area contributed by atoms with Gasteiger partial charge >= 0.3 is 11.9 Å². The first-order chi connectivity index (χ1) is 19.7. The molecule has 4 aromatic rings. The Hall–Kier alpha value is -4.59. The summed E-state index contributed by atoms with van der Waals surface area (Å²) in [6, 6.07) is 13.6. The summed E-state index contributed by atoms with van der Waals surface area (Å²) in [5, 5.41) is 0.649. The maximum Gasteiger partial charge on any atom is 0.340 e. The van der Waals surface area contributed by atoms with Crippen molar-refractivity contribution in [2.75, 3.05) is 6.61 Å². The molecule has 2 aromatic carbocycles. The number of rotatable bonds is 7. The highest BCUT2D eigenvalue weighted by Crippen LogP contribution is 2.36. The average Bonchev–Trinajstić information content (AvgIpc) is 3.26. The van der Waals surface area contributed by atoms with Gasteiger partial charge in [0, 0.05) is 11.1 Å². The van der Waals surface area contributed by atoms with Crippen molar-refractivity contribution in [2.24, 2.45) is 0 Å². The first-order valence-electron chi connectivity index (χ1n) is 13.7. The number of para-hydroxylation sites is 1. The number of fused-ring (bicyclic) bond motifs is 2. The fourth-order valence-corrected chi connectivity index (χ4v) is 5.45. The number of benzene rings is 2. The van der Waals surface area contributed by atoms with Gasteiger partial charge < -0.3 is 14.5 Å². The summed E-state index contributed by atoms with van der Waals surface area (Å²) < 4.78 is 24.4. The number of aryl methyl sites for hydroxylation is 1. The number of esters is 2. The molecule has 0 saturated heterocycles. The molecule has 0 aliphatic heterocycles. The van der Waals surface area contributed by atoms with Gasteiger partial charge in [0.15, 0.2) is 6.10 Å². The highest BCUT2D eigenvalue weighted by Gasteiger charge is 2.31. The summed E-state index contributed by atoms with van der Waals surface area (Å²) in [5.41, 5.74) is 5.77. The van der Waals surface area contributed by atoms with Gasteiger partial charge in [-0.25, -0.2) is 19.0 Å². The molecule has 8 heteroatoms. The SMILES string of the molecule is CCOC(=O)c1c(C)[nH]c(C(=O)[C@@H](C)OC(=O)c2c3c(nc4ccccc24)/C(=C\c2ccc(F)cc2)CCC3)c1C. The minimum Gasteiger partial charge on any atom is -0.462 e. The van der Waals surface area contributed by atoms with Crippen LogP contribution in [0.2, 0.25) is 0 Å².